The molecule has 1 unspecified atom stereocenters. The van der Waals surface area contributed by atoms with Gasteiger partial charge in [-0.2, -0.15) is 0 Å². The van der Waals surface area contributed by atoms with Crippen molar-refractivity contribution in [1.82, 2.24) is 10.2 Å². The van der Waals surface area contributed by atoms with Gasteiger partial charge in [0.1, 0.15) is 11.3 Å². The Balaban J connectivity index is 2.01. The van der Waals surface area contributed by atoms with Crippen molar-refractivity contribution < 1.29 is 14.0 Å². The molecule has 5 nitrogen and oxygen atoms in total. The highest BCUT2D eigenvalue weighted by Gasteiger charge is 2.38. The van der Waals surface area contributed by atoms with Crippen LogP contribution in [0.3, 0.4) is 0 Å². The summed E-state index contributed by atoms with van der Waals surface area (Å²) in [5, 5.41) is 2.77. The van der Waals surface area contributed by atoms with Crippen LogP contribution in [0.25, 0.3) is 0 Å². The Hall–Kier alpha value is -1.78. The van der Waals surface area contributed by atoms with Crippen molar-refractivity contribution in [3.05, 3.63) is 24.2 Å². The van der Waals surface area contributed by atoms with Gasteiger partial charge in [0.05, 0.1) is 6.26 Å². The molecule has 2 heterocycles. The number of hydrogen-bond acceptors (Lipinski definition) is 3. The monoisotopic (exact) mass is 278 g/mol. The standard InChI is InChI=1S/C15H22N2O3/c1-11(6-7-12-5-4-10-20-12)17-9-8-13(18)16-15(2,3)14(17)19/h4-5,10-11H,6-9H2,1-3H3,(H,16,18). The highest BCUT2D eigenvalue weighted by atomic mass is 16.3. The summed E-state index contributed by atoms with van der Waals surface area (Å²) in [5.74, 6) is 0.840. The second kappa shape index (κ2) is 5.69. The van der Waals surface area contributed by atoms with E-state index in [-0.39, 0.29) is 17.9 Å². The first-order valence-corrected chi connectivity index (χ1v) is 7.04. The fraction of sp³-hybridized carbons (Fsp3) is 0.600. The lowest BCUT2D eigenvalue weighted by atomic mass is 10.0. The van der Waals surface area contributed by atoms with Crippen molar-refractivity contribution in [3.8, 4) is 0 Å². The number of hydrogen-bond donors (Lipinski definition) is 1. The number of carbonyl (C=O) groups is 2. The van der Waals surface area contributed by atoms with E-state index in [9.17, 15) is 9.59 Å². The Labute approximate surface area is 119 Å². The highest BCUT2D eigenvalue weighted by Crippen LogP contribution is 2.18. The van der Waals surface area contributed by atoms with E-state index < -0.39 is 5.54 Å². The summed E-state index contributed by atoms with van der Waals surface area (Å²) in [6.45, 7) is 6.01. The van der Waals surface area contributed by atoms with E-state index in [2.05, 4.69) is 5.32 Å². The van der Waals surface area contributed by atoms with E-state index in [1.54, 1.807) is 25.0 Å². The summed E-state index contributed by atoms with van der Waals surface area (Å²) in [7, 11) is 0. The van der Waals surface area contributed by atoms with Gasteiger partial charge >= 0.3 is 0 Å². The van der Waals surface area contributed by atoms with Gasteiger partial charge in [-0.3, -0.25) is 9.59 Å². The van der Waals surface area contributed by atoms with Gasteiger partial charge in [-0.05, 0) is 39.3 Å². The quantitative estimate of drug-likeness (QED) is 0.912. The molecule has 110 valence electrons. The molecule has 1 aromatic heterocycles. The first-order chi connectivity index (χ1) is 9.40. The maximum Gasteiger partial charge on any atom is 0.247 e. The molecule has 0 aliphatic carbocycles. The third-order valence-electron chi connectivity index (χ3n) is 3.75. The summed E-state index contributed by atoms with van der Waals surface area (Å²) in [6, 6.07) is 3.88. The second-order valence-corrected chi connectivity index (χ2v) is 5.89. The molecule has 1 N–H and O–H groups in total. The molecule has 1 saturated heterocycles. The molecule has 1 aliphatic rings. The zero-order chi connectivity index (χ0) is 14.8. The molecule has 1 fully saturated rings. The number of furan rings is 1. The van der Waals surface area contributed by atoms with Crippen molar-refractivity contribution in [3.63, 3.8) is 0 Å². The van der Waals surface area contributed by atoms with Crippen LogP contribution in [-0.4, -0.2) is 34.8 Å². The fourth-order valence-corrected chi connectivity index (χ4v) is 2.53. The molecule has 5 heteroatoms. The van der Waals surface area contributed by atoms with Crippen LogP contribution in [-0.2, 0) is 16.0 Å². The van der Waals surface area contributed by atoms with Gasteiger partial charge in [0.2, 0.25) is 11.8 Å². The summed E-state index contributed by atoms with van der Waals surface area (Å²) >= 11 is 0. The number of aryl methyl sites for hydroxylation is 1. The molecule has 1 aliphatic heterocycles. The van der Waals surface area contributed by atoms with Gasteiger partial charge in [-0.1, -0.05) is 0 Å². The van der Waals surface area contributed by atoms with Gasteiger partial charge in [0.25, 0.3) is 0 Å². The smallest absolute Gasteiger partial charge is 0.247 e. The third-order valence-corrected chi connectivity index (χ3v) is 3.75. The zero-order valence-electron chi connectivity index (χ0n) is 12.3. The minimum Gasteiger partial charge on any atom is -0.469 e. The van der Waals surface area contributed by atoms with Crippen molar-refractivity contribution in [1.29, 1.82) is 0 Å². The van der Waals surface area contributed by atoms with Crippen molar-refractivity contribution >= 4 is 11.8 Å². The molecular weight excluding hydrogens is 256 g/mol. The average Bonchev–Trinajstić information content (AvgIpc) is 2.85. The molecule has 1 atom stereocenters. The van der Waals surface area contributed by atoms with Crippen LogP contribution in [0.2, 0.25) is 0 Å². The second-order valence-electron chi connectivity index (χ2n) is 5.89. The predicted molar refractivity (Wildman–Crippen MR) is 75.0 cm³/mol. The summed E-state index contributed by atoms with van der Waals surface area (Å²) in [6.07, 6.45) is 3.63. The molecule has 0 aromatic carbocycles. The minimum atomic E-state index is -0.827. The van der Waals surface area contributed by atoms with Gasteiger partial charge in [-0.25, -0.2) is 0 Å². The third kappa shape index (κ3) is 3.21. The minimum absolute atomic E-state index is 0.0182. The van der Waals surface area contributed by atoms with E-state index in [0.29, 0.717) is 13.0 Å². The maximum atomic E-state index is 12.5. The largest absolute Gasteiger partial charge is 0.469 e. The molecule has 20 heavy (non-hydrogen) atoms. The summed E-state index contributed by atoms with van der Waals surface area (Å²) in [5.41, 5.74) is -0.827. The molecule has 0 spiro atoms. The number of nitrogens with one attached hydrogen (secondary N) is 1. The number of carbonyl (C=O) groups excluding carboxylic acids is 2. The topological polar surface area (TPSA) is 62.6 Å². The first kappa shape index (κ1) is 14.6. The Morgan fingerprint density at radius 2 is 2.20 bits per heavy atom. The SMILES string of the molecule is CC(CCc1ccco1)N1CCC(=O)NC(C)(C)C1=O. The first-order valence-electron chi connectivity index (χ1n) is 7.04. The Morgan fingerprint density at radius 3 is 2.85 bits per heavy atom. The molecule has 0 saturated carbocycles. The van der Waals surface area contributed by atoms with Crippen LogP contribution in [0.15, 0.2) is 22.8 Å². The molecule has 2 amide bonds. The molecule has 1 aromatic rings. The summed E-state index contributed by atoms with van der Waals surface area (Å²) in [4.78, 5) is 26.0. The number of rotatable bonds is 4. The zero-order valence-corrected chi connectivity index (χ0v) is 12.3. The van der Waals surface area contributed by atoms with Crippen LogP contribution in [0.4, 0.5) is 0 Å². The van der Waals surface area contributed by atoms with Crippen molar-refractivity contribution in [2.24, 2.45) is 0 Å². The van der Waals surface area contributed by atoms with Gasteiger partial charge in [0.15, 0.2) is 0 Å². The van der Waals surface area contributed by atoms with Crippen LogP contribution in [0, 0.1) is 0 Å². The maximum absolute atomic E-state index is 12.5. The lowest BCUT2D eigenvalue weighted by molar-refractivity contribution is -0.139. The van der Waals surface area contributed by atoms with E-state index in [4.69, 9.17) is 4.42 Å². The molecule has 0 bridgehead atoms. The van der Waals surface area contributed by atoms with Crippen LogP contribution in [0.5, 0.6) is 0 Å². The fourth-order valence-electron chi connectivity index (χ4n) is 2.53. The van der Waals surface area contributed by atoms with Gasteiger partial charge < -0.3 is 14.6 Å². The molecule has 0 radical (unpaired) electrons. The van der Waals surface area contributed by atoms with Crippen LogP contribution >= 0.6 is 0 Å². The molecule has 2 rings (SSSR count). The van der Waals surface area contributed by atoms with Crippen molar-refractivity contribution in [2.45, 2.75) is 51.6 Å². The average molecular weight is 278 g/mol. The Bertz CT molecular complexity index is 479. The van der Waals surface area contributed by atoms with Crippen LogP contribution < -0.4 is 5.32 Å². The van der Waals surface area contributed by atoms with E-state index >= 15 is 0 Å². The Morgan fingerprint density at radius 1 is 1.45 bits per heavy atom. The number of nitrogens with zero attached hydrogens (tertiary/aromatic N) is 1. The van der Waals surface area contributed by atoms with Gasteiger partial charge in [-0.15, -0.1) is 0 Å². The van der Waals surface area contributed by atoms with Crippen molar-refractivity contribution in [2.75, 3.05) is 6.54 Å². The summed E-state index contributed by atoms with van der Waals surface area (Å²) < 4.78 is 5.31. The molecular formula is C15H22N2O3. The number of amides is 2. The van der Waals surface area contributed by atoms with E-state index in [0.717, 1.165) is 18.6 Å². The van der Waals surface area contributed by atoms with E-state index in [1.165, 1.54) is 0 Å². The Kier molecular flexibility index (Phi) is 4.16. The normalized spacial score (nSPS) is 20.4. The van der Waals surface area contributed by atoms with Crippen LogP contribution in [0.1, 0.15) is 39.4 Å². The lowest BCUT2D eigenvalue weighted by Crippen LogP contribution is -2.54. The van der Waals surface area contributed by atoms with Gasteiger partial charge in [0, 0.05) is 25.4 Å². The predicted octanol–water partition coefficient (Wildman–Crippen LogP) is 1.73. The highest BCUT2D eigenvalue weighted by molar-refractivity contribution is 5.92. The lowest BCUT2D eigenvalue weighted by Gasteiger charge is -2.33. The van der Waals surface area contributed by atoms with E-state index in [1.807, 2.05) is 19.1 Å².